The van der Waals surface area contributed by atoms with Crippen LogP contribution >= 0.6 is 0 Å². The molecule has 3 aliphatic carbocycles. The van der Waals surface area contributed by atoms with Crippen LogP contribution in [0.1, 0.15) is 58.8 Å². The predicted molar refractivity (Wildman–Crippen MR) is 79.6 cm³/mol. The first-order valence-electron chi connectivity index (χ1n) is 8.80. The summed E-state index contributed by atoms with van der Waals surface area (Å²) in [5.74, 6) is 0.851. The van der Waals surface area contributed by atoms with Gasteiger partial charge in [0.1, 0.15) is 0 Å². The number of hydrogen-bond acceptors (Lipinski definition) is 4. The number of rotatable bonds is 0. The van der Waals surface area contributed by atoms with Crippen molar-refractivity contribution in [2.24, 2.45) is 34.5 Å². The van der Waals surface area contributed by atoms with Crippen LogP contribution < -0.4 is 0 Å². The second-order valence-electron chi connectivity index (χ2n) is 8.54. The van der Waals surface area contributed by atoms with Crippen molar-refractivity contribution in [2.45, 2.75) is 64.9 Å². The minimum absolute atomic E-state index is 0.0265. The lowest BCUT2D eigenvalue weighted by Gasteiger charge is -2.58. The van der Waals surface area contributed by atoms with E-state index in [1.807, 2.05) is 6.92 Å². The average Bonchev–Trinajstić information content (AvgIpc) is 2.77. The molecule has 0 amide bonds. The van der Waals surface area contributed by atoms with Crippen molar-refractivity contribution in [3.8, 4) is 0 Å². The number of aliphatic hydroxyl groups is 1. The quantitative estimate of drug-likeness (QED) is 0.552. The number of fused-ring (bicyclic) bond motifs is 5. The Bertz CT molecular complexity index is 529. The Balaban J connectivity index is 1.69. The second kappa shape index (κ2) is 4.56. The molecule has 3 saturated carbocycles. The van der Waals surface area contributed by atoms with Crippen molar-refractivity contribution in [1.82, 2.24) is 0 Å². The van der Waals surface area contributed by atoms with Crippen LogP contribution in [-0.4, -0.2) is 23.1 Å². The first-order chi connectivity index (χ1) is 10.4. The summed E-state index contributed by atoms with van der Waals surface area (Å²) in [5.41, 5.74) is -0.468. The fraction of sp³-hybridized carbons (Fsp3) is 0.889. The molecule has 0 spiro atoms. The molecule has 0 aromatic carbocycles. The molecule has 4 heteroatoms. The fourth-order valence-corrected chi connectivity index (χ4v) is 6.49. The normalized spacial score (nSPS) is 54.2. The Kier molecular flexibility index (Phi) is 3.04. The van der Waals surface area contributed by atoms with Crippen molar-refractivity contribution < 1.29 is 19.4 Å². The zero-order valence-electron chi connectivity index (χ0n) is 13.5. The molecule has 0 radical (unpaired) electrons. The lowest BCUT2D eigenvalue weighted by molar-refractivity contribution is -0.195. The molecule has 0 aromatic rings. The van der Waals surface area contributed by atoms with Crippen molar-refractivity contribution in [1.29, 1.82) is 0 Å². The van der Waals surface area contributed by atoms with Crippen LogP contribution in [0, 0.1) is 34.5 Å². The Morgan fingerprint density at radius 1 is 1.05 bits per heavy atom. The molecule has 4 aliphatic rings. The minimum atomic E-state index is -0.494. The number of esters is 2. The summed E-state index contributed by atoms with van der Waals surface area (Å²) in [4.78, 5) is 24.2. The standard InChI is InChI=1S/C18H26O4/c1-17-8-7-13-11(12(17)5-6-14(17)19)4-3-10-9-15(20)22-16(21)18(10,13)2/h10-14,19H,3-9H2,1-2H3/t10?,11-,12-,13-,14?,17-,18?/m0/s1. The Hall–Kier alpha value is -0.900. The van der Waals surface area contributed by atoms with Gasteiger partial charge in [-0.15, -0.1) is 0 Å². The monoisotopic (exact) mass is 306 g/mol. The van der Waals surface area contributed by atoms with Crippen LogP contribution in [0.2, 0.25) is 0 Å². The summed E-state index contributed by atoms with van der Waals surface area (Å²) in [5, 5.41) is 10.4. The van der Waals surface area contributed by atoms with Gasteiger partial charge in [-0.3, -0.25) is 9.59 Å². The van der Waals surface area contributed by atoms with E-state index in [-0.39, 0.29) is 29.4 Å². The third-order valence-electron chi connectivity index (χ3n) is 7.91. The fourth-order valence-electron chi connectivity index (χ4n) is 6.49. The highest BCUT2D eigenvalue weighted by Crippen LogP contribution is 2.65. The molecule has 1 N–H and O–H groups in total. The Morgan fingerprint density at radius 3 is 2.59 bits per heavy atom. The van der Waals surface area contributed by atoms with E-state index in [9.17, 15) is 14.7 Å². The molecule has 1 heterocycles. The minimum Gasteiger partial charge on any atom is -0.393 e. The molecule has 22 heavy (non-hydrogen) atoms. The highest BCUT2D eigenvalue weighted by Gasteiger charge is 2.63. The highest BCUT2D eigenvalue weighted by atomic mass is 16.6. The van der Waals surface area contributed by atoms with Crippen molar-refractivity contribution in [2.75, 3.05) is 0 Å². The number of hydrogen-bond donors (Lipinski definition) is 1. The van der Waals surface area contributed by atoms with Crippen LogP contribution in [0.15, 0.2) is 0 Å². The molecule has 1 aliphatic heterocycles. The average molecular weight is 306 g/mol. The van der Waals surface area contributed by atoms with E-state index in [0.29, 0.717) is 24.2 Å². The molecule has 122 valence electrons. The largest absolute Gasteiger partial charge is 0.393 e. The lowest BCUT2D eigenvalue weighted by Crippen LogP contribution is -2.58. The van der Waals surface area contributed by atoms with E-state index >= 15 is 0 Å². The van der Waals surface area contributed by atoms with Crippen LogP contribution in [0.3, 0.4) is 0 Å². The maximum absolute atomic E-state index is 12.6. The van der Waals surface area contributed by atoms with Gasteiger partial charge in [0.25, 0.3) is 0 Å². The van der Waals surface area contributed by atoms with Crippen molar-refractivity contribution in [3.63, 3.8) is 0 Å². The van der Waals surface area contributed by atoms with Gasteiger partial charge in [0, 0.05) is 6.42 Å². The van der Waals surface area contributed by atoms with Gasteiger partial charge in [0.05, 0.1) is 11.5 Å². The summed E-state index contributed by atoms with van der Waals surface area (Å²) in [7, 11) is 0. The van der Waals surface area contributed by atoms with Crippen molar-refractivity contribution >= 4 is 11.9 Å². The third kappa shape index (κ3) is 1.68. The first-order valence-corrected chi connectivity index (χ1v) is 8.80. The first kappa shape index (κ1) is 14.7. The van der Waals surface area contributed by atoms with Crippen LogP contribution in [-0.2, 0) is 14.3 Å². The smallest absolute Gasteiger partial charge is 0.320 e. The topological polar surface area (TPSA) is 63.6 Å². The molecule has 0 bridgehead atoms. The third-order valence-corrected chi connectivity index (χ3v) is 7.91. The van der Waals surface area contributed by atoms with Crippen LogP contribution in [0.4, 0.5) is 0 Å². The Labute approximate surface area is 131 Å². The van der Waals surface area contributed by atoms with Crippen LogP contribution in [0.25, 0.3) is 0 Å². The number of aliphatic hydroxyl groups excluding tert-OH is 1. The number of cyclic esters (lactones) is 2. The van der Waals surface area contributed by atoms with Gasteiger partial charge < -0.3 is 9.84 Å². The maximum atomic E-state index is 12.6. The predicted octanol–water partition coefficient (Wildman–Crippen LogP) is 2.68. The van der Waals surface area contributed by atoms with Crippen molar-refractivity contribution in [3.05, 3.63) is 0 Å². The van der Waals surface area contributed by atoms with Gasteiger partial charge in [0.2, 0.25) is 0 Å². The highest BCUT2D eigenvalue weighted by molar-refractivity contribution is 5.92. The summed E-state index contributed by atoms with van der Waals surface area (Å²) in [6.07, 6.45) is 6.19. The van der Waals surface area contributed by atoms with E-state index in [1.54, 1.807) is 0 Å². The Morgan fingerprint density at radius 2 is 1.82 bits per heavy atom. The van der Waals surface area contributed by atoms with Gasteiger partial charge in [-0.25, -0.2) is 0 Å². The lowest BCUT2D eigenvalue weighted by atomic mass is 9.47. The molecule has 4 nitrogen and oxygen atoms in total. The van der Waals surface area contributed by atoms with Gasteiger partial charge in [-0.05, 0) is 74.5 Å². The van der Waals surface area contributed by atoms with Gasteiger partial charge in [-0.2, -0.15) is 0 Å². The van der Waals surface area contributed by atoms with Gasteiger partial charge in [-0.1, -0.05) is 6.92 Å². The van der Waals surface area contributed by atoms with E-state index in [4.69, 9.17) is 4.74 Å². The zero-order valence-corrected chi connectivity index (χ0v) is 13.5. The number of carbonyl (C=O) groups is 2. The molecular weight excluding hydrogens is 280 g/mol. The summed E-state index contributed by atoms with van der Waals surface area (Å²) >= 11 is 0. The summed E-state index contributed by atoms with van der Waals surface area (Å²) in [6.45, 7) is 4.28. The second-order valence-corrected chi connectivity index (χ2v) is 8.54. The zero-order chi connectivity index (χ0) is 15.7. The molecule has 7 atom stereocenters. The summed E-state index contributed by atoms with van der Waals surface area (Å²) < 4.78 is 5.04. The molecule has 4 rings (SSSR count). The van der Waals surface area contributed by atoms with E-state index in [2.05, 4.69) is 6.92 Å². The molecule has 3 unspecified atom stereocenters. The SMILES string of the molecule is CC12C(=O)OC(=O)CC1CC[C@@H]1[C@@H]2CC[C@]2(C)C(O)CC[C@@H]12. The van der Waals surface area contributed by atoms with Crippen LogP contribution in [0.5, 0.6) is 0 Å². The molecule has 4 fully saturated rings. The molecule has 1 saturated heterocycles. The van der Waals surface area contributed by atoms with Gasteiger partial charge >= 0.3 is 11.9 Å². The summed E-state index contributed by atoms with van der Waals surface area (Å²) in [6, 6.07) is 0. The van der Waals surface area contributed by atoms with Gasteiger partial charge in [0.15, 0.2) is 0 Å². The number of ether oxygens (including phenoxy) is 1. The number of carbonyl (C=O) groups excluding carboxylic acids is 2. The van der Waals surface area contributed by atoms with E-state index in [0.717, 1.165) is 38.5 Å². The van der Waals surface area contributed by atoms with E-state index < -0.39 is 5.41 Å². The molecule has 0 aromatic heterocycles. The molecular formula is C18H26O4. The van der Waals surface area contributed by atoms with E-state index in [1.165, 1.54) is 0 Å². The maximum Gasteiger partial charge on any atom is 0.320 e.